The molecule has 196 valence electrons. The Bertz CT molecular complexity index is 1200. The van der Waals surface area contributed by atoms with Gasteiger partial charge in [-0.3, -0.25) is 14.5 Å². The fourth-order valence-electron chi connectivity index (χ4n) is 5.15. The Morgan fingerprint density at radius 1 is 1.30 bits per heavy atom. The second-order valence-electron chi connectivity index (χ2n) is 10.0. The number of nitrogens with zero attached hydrogens (tertiary/aromatic N) is 3. The summed E-state index contributed by atoms with van der Waals surface area (Å²) in [6, 6.07) is 13.4. The van der Waals surface area contributed by atoms with Gasteiger partial charge in [0.25, 0.3) is 0 Å². The van der Waals surface area contributed by atoms with Crippen molar-refractivity contribution in [3.05, 3.63) is 64.1 Å². The first-order valence-electron chi connectivity index (χ1n) is 12.2. The number of likely N-dealkylation sites (N-methyl/N-ethyl adjacent to an activating group) is 1. The van der Waals surface area contributed by atoms with Crippen LogP contribution in [0.25, 0.3) is 0 Å². The van der Waals surface area contributed by atoms with Crippen LogP contribution in [0.2, 0.25) is 0 Å². The Balaban J connectivity index is 1.60. The maximum absolute atomic E-state index is 14.0. The van der Waals surface area contributed by atoms with E-state index in [1.807, 2.05) is 62.4 Å². The van der Waals surface area contributed by atoms with E-state index in [1.165, 1.54) is 11.1 Å². The number of ether oxygens (including phenoxy) is 1. The third-order valence-electron chi connectivity index (χ3n) is 7.04. The Hall–Kier alpha value is -3.40. The number of hydrogen-bond donors (Lipinski definition) is 2. The van der Waals surface area contributed by atoms with Gasteiger partial charge in [0, 0.05) is 23.8 Å². The molecule has 2 aromatic carbocycles. The minimum atomic E-state index is -0.991. The maximum atomic E-state index is 14.0. The molecule has 9 nitrogen and oxygen atoms in total. The van der Waals surface area contributed by atoms with Crippen molar-refractivity contribution in [1.82, 2.24) is 9.80 Å². The van der Waals surface area contributed by atoms with Crippen LogP contribution in [0.1, 0.15) is 37.8 Å². The summed E-state index contributed by atoms with van der Waals surface area (Å²) in [4.78, 5) is 43.1. The zero-order valence-corrected chi connectivity index (χ0v) is 22.6. The highest BCUT2D eigenvalue weighted by molar-refractivity contribution is 9.10. The summed E-state index contributed by atoms with van der Waals surface area (Å²) < 4.78 is 6.31. The van der Waals surface area contributed by atoms with E-state index in [1.54, 1.807) is 11.9 Å². The van der Waals surface area contributed by atoms with Crippen LogP contribution in [-0.4, -0.2) is 64.8 Å². The van der Waals surface area contributed by atoms with Crippen LogP contribution < -0.4 is 5.32 Å². The van der Waals surface area contributed by atoms with Crippen molar-refractivity contribution in [2.75, 3.05) is 18.9 Å². The van der Waals surface area contributed by atoms with E-state index in [4.69, 9.17) is 4.74 Å². The van der Waals surface area contributed by atoms with E-state index >= 15 is 0 Å². The number of nitrogens with one attached hydrogen (secondary N) is 1. The zero-order valence-electron chi connectivity index (χ0n) is 21.1. The topological polar surface area (TPSA) is 112 Å². The smallest absolute Gasteiger partial charge is 0.410 e. The molecule has 4 rings (SSSR count). The monoisotopic (exact) mass is 570 g/mol. The summed E-state index contributed by atoms with van der Waals surface area (Å²) in [5.74, 6) is -0.430. The van der Waals surface area contributed by atoms with E-state index in [0.717, 1.165) is 15.6 Å². The number of oxime groups is 1. The molecular weight excluding hydrogens is 540 g/mol. The normalized spacial score (nSPS) is 21.4. The quantitative estimate of drug-likeness (QED) is 0.291. The molecule has 2 N–H and O–H groups in total. The number of halogens is 1. The average Bonchev–Trinajstić information content (AvgIpc) is 3.38. The SMILES string of the molecule is CC(C)C[C@@H](C(=O)N1C[C@]2(C[C@H]1C=NO)C(=O)Nc1ccc(Br)cc12)N(C)C(=O)OCc1ccccc1. The van der Waals surface area contributed by atoms with Gasteiger partial charge in [0.2, 0.25) is 11.8 Å². The van der Waals surface area contributed by atoms with E-state index < -0.39 is 23.6 Å². The van der Waals surface area contributed by atoms with Crippen molar-refractivity contribution in [1.29, 1.82) is 0 Å². The minimum absolute atomic E-state index is 0.0883. The van der Waals surface area contributed by atoms with Gasteiger partial charge in [0.1, 0.15) is 12.6 Å². The first-order chi connectivity index (χ1) is 17.7. The van der Waals surface area contributed by atoms with Gasteiger partial charge >= 0.3 is 6.09 Å². The lowest BCUT2D eigenvalue weighted by molar-refractivity contribution is -0.136. The lowest BCUT2D eigenvalue weighted by Crippen LogP contribution is -2.52. The third kappa shape index (κ3) is 5.34. The highest BCUT2D eigenvalue weighted by Gasteiger charge is 2.56. The predicted molar refractivity (Wildman–Crippen MR) is 142 cm³/mol. The molecule has 10 heteroatoms. The fraction of sp³-hybridized carbons (Fsp3) is 0.407. The number of carbonyl (C=O) groups is 3. The largest absolute Gasteiger partial charge is 0.445 e. The number of amides is 3. The van der Waals surface area contributed by atoms with E-state index in [0.29, 0.717) is 12.1 Å². The van der Waals surface area contributed by atoms with Gasteiger partial charge in [-0.2, -0.15) is 0 Å². The van der Waals surface area contributed by atoms with Gasteiger partial charge < -0.3 is 20.2 Å². The van der Waals surface area contributed by atoms with Crippen molar-refractivity contribution < 1.29 is 24.3 Å². The number of hydrogen-bond acceptors (Lipinski definition) is 6. The average molecular weight is 571 g/mol. The van der Waals surface area contributed by atoms with Crippen LogP contribution in [0.3, 0.4) is 0 Å². The van der Waals surface area contributed by atoms with Gasteiger partial charge in [-0.05, 0) is 48.1 Å². The molecule has 3 atom stereocenters. The Kier molecular flexibility index (Phi) is 7.87. The van der Waals surface area contributed by atoms with Gasteiger partial charge in [-0.1, -0.05) is 65.3 Å². The molecule has 2 aromatic rings. The molecule has 1 saturated heterocycles. The van der Waals surface area contributed by atoms with Crippen LogP contribution in [0, 0.1) is 5.92 Å². The summed E-state index contributed by atoms with van der Waals surface area (Å²) in [5, 5.41) is 15.5. The van der Waals surface area contributed by atoms with Crippen molar-refractivity contribution >= 4 is 45.7 Å². The third-order valence-corrected chi connectivity index (χ3v) is 7.53. The van der Waals surface area contributed by atoms with Crippen molar-refractivity contribution in [3.63, 3.8) is 0 Å². The van der Waals surface area contributed by atoms with Crippen LogP contribution in [0.4, 0.5) is 10.5 Å². The standard InChI is InChI=1S/C27H31BrN4O5/c1-17(2)11-23(31(3)26(35)37-15-18-7-5-4-6-8-18)24(33)32-16-27(13-20(32)14-29-36)21-12-19(28)9-10-22(21)30-25(27)34/h4-10,12,14,17,20,23,36H,11,13,15-16H2,1-3H3,(H,30,34)/t20-,23-,27-/m0/s1. The molecule has 0 radical (unpaired) electrons. The van der Waals surface area contributed by atoms with Crippen LogP contribution in [0.5, 0.6) is 0 Å². The molecule has 37 heavy (non-hydrogen) atoms. The zero-order chi connectivity index (χ0) is 26.7. The Morgan fingerprint density at radius 3 is 2.70 bits per heavy atom. The molecule has 0 unspecified atom stereocenters. The summed E-state index contributed by atoms with van der Waals surface area (Å²) in [7, 11) is 1.55. The number of likely N-dealkylation sites (tertiary alicyclic amines) is 1. The number of benzene rings is 2. The molecule has 0 aliphatic carbocycles. The summed E-state index contributed by atoms with van der Waals surface area (Å²) in [6.45, 7) is 4.13. The van der Waals surface area contributed by atoms with Crippen molar-refractivity contribution in [2.24, 2.45) is 11.1 Å². The summed E-state index contributed by atoms with van der Waals surface area (Å²) in [6.07, 6.45) is 1.32. The second kappa shape index (κ2) is 10.9. The Morgan fingerprint density at radius 2 is 2.03 bits per heavy atom. The molecule has 3 amide bonds. The summed E-state index contributed by atoms with van der Waals surface area (Å²) >= 11 is 3.48. The van der Waals surface area contributed by atoms with E-state index in [2.05, 4.69) is 26.4 Å². The van der Waals surface area contributed by atoms with E-state index in [9.17, 15) is 19.6 Å². The molecule has 2 aliphatic rings. The minimum Gasteiger partial charge on any atom is -0.445 e. The molecule has 2 aliphatic heterocycles. The maximum Gasteiger partial charge on any atom is 0.410 e. The highest BCUT2D eigenvalue weighted by atomic mass is 79.9. The molecule has 1 spiro atoms. The van der Waals surface area contributed by atoms with Crippen LogP contribution >= 0.6 is 15.9 Å². The van der Waals surface area contributed by atoms with Gasteiger partial charge in [-0.25, -0.2) is 4.79 Å². The van der Waals surface area contributed by atoms with Crippen LogP contribution in [-0.2, 0) is 26.3 Å². The van der Waals surface area contributed by atoms with Crippen molar-refractivity contribution in [3.8, 4) is 0 Å². The summed E-state index contributed by atoms with van der Waals surface area (Å²) in [5.41, 5.74) is 1.33. The second-order valence-corrected chi connectivity index (χ2v) is 10.9. The molecular formula is C27H31BrN4O5. The van der Waals surface area contributed by atoms with Crippen LogP contribution in [0.15, 0.2) is 58.2 Å². The number of rotatable bonds is 7. The molecule has 2 heterocycles. The van der Waals surface area contributed by atoms with Gasteiger partial charge in [0.05, 0.1) is 17.7 Å². The van der Waals surface area contributed by atoms with E-state index in [-0.39, 0.29) is 37.3 Å². The number of carbonyl (C=O) groups excluding carboxylic acids is 3. The lowest BCUT2D eigenvalue weighted by Gasteiger charge is -2.33. The number of fused-ring (bicyclic) bond motifs is 2. The first kappa shape index (κ1) is 26.7. The molecule has 0 saturated carbocycles. The predicted octanol–water partition coefficient (Wildman–Crippen LogP) is 4.38. The highest BCUT2D eigenvalue weighted by Crippen LogP contribution is 2.47. The van der Waals surface area contributed by atoms with Gasteiger partial charge in [-0.15, -0.1) is 0 Å². The number of anilines is 1. The molecule has 1 fully saturated rings. The molecule has 0 bridgehead atoms. The molecule has 0 aromatic heterocycles. The fourth-order valence-corrected chi connectivity index (χ4v) is 5.51. The Labute approximate surface area is 224 Å². The van der Waals surface area contributed by atoms with Gasteiger partial charge in [0.15, 0.2) is 0 Å². The first-order valence-corrected chi connectivity index (χ1v) is 13.0. The van der Waals surface area contributed by atoms with Crippen molar-refractivity contribution in [2.45, 2.75) is 50.8 Å². The lowest BCUT2D eigenvalue weighted by atomic mass is 9.79.